The smallest absolute Gasteiger partial charge is 0.230 e. The predicted molar refractivity (Wildman–Crippen MR) is 76.0 cm³/mol. The zero-order valence-electron chi connectivity index (χ0n) is 10.9. The highest BCUT2D eigenvalue weighted by Gasteiger charge is 2.22. The van der Waals surface area contributed by atoms with Gasteiger partial charge >= 0.3 is 0 Å². The molecule has 1 saturated carbocycles. The average molecular weight is 280 g/mol. The van der Waals surface area contributed by atoms with Gasteiger partial charge in [-0.1, -0.05) is 19.3 Å². The fraction of sp³-hybridized carbons (Fsp3) is 0.571. The van der Waals surface area contributed by atoms with Gasteiger partial charge in [-0.15, -0.1) is 11.8 Å². The van der Waals surface area contributed by atoms with E-state index in [1.807, 2.05) is 12.1 Å². The highest BCUT2D eigenvalue weighted by Crippen LogP contribution is 2.19. The van der Waals surface area contributed by atoms with Gasteiger partial charge in [0.05, 0.1) is 17.9 Å². The molecule has 1 heterocycles. The monoisotopic (exact) mass is 280 g/mol. The van der Waals surface area contributed by atoms with Gasteiger partial charge in [-0.2, -0.15) is 0 Å². The molecule has 19 heavy (non-hydrogen) atoms. The van der Waals surface area contributed by atoms with Crippen molar-refractivity contribution in [1.29, 1.82) is 0 Å². The molecule has 1 aliphatic rings. The van der Waals surface area contributed by atoms with E-state index in [1.54, 1.807) is 12.4 Å². The normalized spacial score (nSPS) is 23.6. The van der Waals surface area contributed by atoms with Gasteiger partial charge in [-0.25, -0.2) is 0 Å². The molecule has 0 radical (unpaired) electrons. The van der Waals surface area contributed by atoms with Crippen molar-refractivity contribution in [2.75, 3.05) is 5.75 Å². The van der Waals surface area contributed by atoms with Gasteiger partial charge in [0.25, 0.3) is 0 Å². The standard InChI is InChI=1S/C14H20N2O2S/c17-13-5-3-1-2-4-12(13)16-14(18)10-19-11-6-8-15-9-7-11/h6-9,12-13,17H,1-5,10H2,(H,16,18). The molecule has 1 amide bonds. The molecule has 0 aliphatic heterocycles. The van der Waals surface area contributed by atoms with E-state index < -0.39 is 6.10 Å². The minimum atomic E-state index is -0.391. The molecule has 0 saturated heterocycles. The first-order chi connectivity index (χ1) is 9.25. The summed E-state index contributed by atoms with van der Waals surface area (Å²) in [6.07, 6.45) is 8.01. The number of pyridine rings is 1. The molecule has 2 atom stereocenters. The third-order valence-corrected chi connectivity index (χ3v) is 4.36. The lowest BCUT2D eigenvalue weighted by Crippen LogP contribution is -2.43. The quantitative estimate of drug-likeness (QED) is 0.654. The first-order valence-electron chi connectivity index (χ1n) is 6.76. The number of aromatic nitrogens is 1. The molecule has 2 unspecified atom stereocenters. The second kappa shape index (κ2) is 7.50. The van der Waals surface area contributed by atoms with Crippen molar-refractivity contribution in [3.63, 3.8) is 0 Å². The minimum Gasteiger partial charge on any atom is -0.391 e. The number of aliphatic hydroxyl groups excluding tert-OH is 1. The predicted octanol–water partition coefficient (Wildman–Crippen LogP) is 1.98. The number of rotatable bonds is 4. The molecular weight excluding hydrogens is 260 g/mol. The van der Waals surface area contributed by atoms with Crippen LogP contribution in [0.15, 0.2) is 29.4 Å². The summed E-state index contributed by atoms with van der Waals surface area (Å²) in [5, 5.41) is 12.9. The summed E-state index contributed by atoms with van der Waals surface area (Å²) < 4.78 is 0. The Balaban J connectivity index is 1.77. The Kier molecular flexibility index (Phi) is 5.66. The van der Waals surface area contributed by atoms with Gasteiger partial charge in [-0.3, -0.25) is 9.78 Å². The molecule has 1 fully saturated rings. The number of hydrogen-bond donors (Lipinski definition) is 2. The van der Waals surface area contributed by atoms with Crippen molar-refractivity contribution in [2.24, 2.45) is 0 Å². The fourth-order valence-electron chi connectivity index (χ4n) is 2.29. The van der Waals surface area contributed by atoms with E-state index in [0.29, 0.717) is 5.75 Å². The molecule has 1 aromatic heterocycles. The van der Waals surface area contributed by atoms with Crippen LogP contribution >= 0.6 is 11.8 Å². The lowest BCUT2D eigenvalue weighted by molar-refractivity contribution is -0.120. The summed E-state index contributed by atoms with van der Waals surface area (Å²) in [5.74, 6) is 0.375. The number of carbonyl (C=O) groups is 1. The zero-order chi connectivity index (χ0) is 13.5. The largest absolute Gasteiger partial charge is 0.391 e. The van der Waals surface area contributed by atoms with E-state index in [2.05, 4.69) is 10.3 Å². The Labute approximate surface area is 118 Å². The summed E-state index contributed by atoms with van der Waals surface area (Å²) in [5.41, 5.74) is 0. The third kappa shape index (κ3) is 4.84. The molecular formula is C14H20N2O2S. The topological polar surface area (TPSA) is 62.2 Å². The van der Waals surface area contributed by atoms with Crippen LogP contribution in [-0.4, -0.2) is 33.9 Å². The van der Waals surface area contributed by atoms with Crippen LogP contribution < -0.4 is 5.32 Å². The number of thioether (sulfide) groups is 1. The summed E-state index contributed by atoms with van der Waals surface area (Å²) in [7, 11) is 0. The maximum Gasteiger partial charge on any atom is 0.230 e. The fourth-order valence-corrected chi connectivity index (χ4v) is 2.98. The molecule has 1 aliphatic carbocycles. The van der Waals surface area contributed by atoms with Crippen LogP contribution in [0.1, 0.15) is 32.1 Å². The van der Waals surface area contributed by atoms with E-state index in [1.165, 1.54) is 11.8 Å². The number of amides is 1. The molecule has 0 aromatic carbocycles. The van der Waals surface area contributed by atoms with Gasteiger partial charge < -0.3 is 10.4 Å². The Bertz CT molecular complexity index is 400. The number of aliphatic hydroxyl groups is 1. The molecule has 1 aromatic rings. The van der Waals surface area contributed by atoms with E-state index in [0.717, 1.165) is 37.0 Å². The van der Waals surface area contributed by atoms with Crippen LogP contribution in [0.3, 0.4) is 0 Å². The molecule has 4 nitrogen and oxygen atoms in total. The van der Waals surface area contributed by atoms with Crippen LogP contribution in [-0.2, 0) is 4.79 Å². The zero-order valence-corrected chi connectivity index (χ0v) is 11.7. The first kappa shape index (κ1) is 14.3. The molecule has 2 rings (SSSR count). The Morgan fingerprint density at radius 3 is 2.84 bits per heavy atom. The molecule has 5 heteroatoms. The Morgan fingerprint density at radius 2 is 2.05 bits per heavy atom. The van der Waals surface area contributed by atoms with Crippen molar-refractivity contribution in [2.45, 2.75) is 49.1 Å². The van der Waals surface area contributed by atoms with Crippen molar-refractivity contribution in [3.05, 3.63) is 24.5 Å². The maximum atomic E-state index is 11.9. The second-order valence-electron chi connectivity index (χ2n) is 4.85. The van der Waals surface area contributed by atoms with Crippen LogP contribution in [0.5, 0.6) is 0 Å². The van der Waals surface area contributed by atoms with E-state index >= 15 is 0 Å². The van der Waals surface area contributed by atoms with Gasteiger partial charge in [-0.05, 0) is 25.0 Å². The van der Waals surface area contributed by atoms with Crippen molar-refractivity contribution in [3.8, 4) is 0 Å². The molecule has 0 spiro atoms. The van der Waals surface area contributed by atoms with E-state index in [-0.39, 0.29) is 11.9 Å². The average Bonchev–Trinajstić information content (AvgIpc) is 2.63. The lowest BCUT2D eigenvalue weighted by atomic mass is 10.1. The van der Waals surface area contributed by atoms with Crippen LogP contribution in [0.25, 0.3) is 0 Å². The summed E-state index contributed by atoms with van der Waals surface area (Å²) in [4.78, 5) is 16.9. The number of carbonyl (C=O) groups excluding carboxylic acids is 1. The van der Waals surface area contributed by atoms with Crippen molar-refractivity contribution >= 4 is 17.7 Å². The summed E-state index contributed by atoms with van der Waals surface area (Å²) in [6.45, 7) is 0. The van der Waals surface area contributed by atoms with Gasteiger partial charge in [0.1, 0.15) is 0 Å². The van der Waals surface area contributed by atoms with Gasteiger partial charge in [0.2, 0.25) is 5.91 Å². The van der Waals surface area contributed by atoms with Gasteiger partial charge in [0.15, 0.2) is 0 Å². The minimum absolute atomic E-state index is 0.00670. The third-order valence-electron chi connectivity index (χ3n) is 3.35. The molecule has 0 bridgehead atoms. The first-order valence-corrected chi connectivity index (χ1v) is 7.74. The summed E-state index contributed by atoms with van der Waals surface area (Å²) >= 11 is 1.49. The Hall–Kier alpha value is -1.07. The van der Waals surface area contributed by atoms with E-state index in [9.17, 15) is 9.90 Å². The summed E-state index contributed by atoms with van der Waals surface area (Å²) in [6, 6.07) is 3.70. The van der Waals surface area contributed by atoms with Crippen LogP contribution in [0.2, 0.25) is 0 Å². The molecule has 2 N–H and O–H groups in total. The van der Waals surface area contributed by atoms with Crippen molar-refractivity contribution in [1.82, 2.24) is 10.3 Å². The number of nitrogens with zero attached hydrogens (tertiary/aromatic N) is 1. The van der Waals surface area contributed by atoms with Gasteiger partial charge in [0, 0.05) is 17.3 Å². The highest BCUT2D eigenvalue weighted by atomic mass is 32.2. The number of nitrogens with one attached hydrogen (secondary N) is 1. The van der Waals surface area contributed by atoms with Crippen molar-refractivity contribution < 1.29 is 9.90 Å². The lowest BCUT2D eigenvalue weighted by Gasteiger charge is -2.21. The van der Waals surface area contributed by atoms with Crippen LogP contribution in [0.4, 0.5) is 0 Å². The maximum absolute atomic E-state index is 11.9. The molecule has 104 valence electrons. The SMILES string of the molecule is O=C(CSc1ccncc1)NC1CCCCCC1O. The Morgan fingerprint density at radius 1 is 1.32 bits per heavy atom. The number of hydrogen-bond acceptors (Lipinski definition) is 4. The second-order valence-corrected chi connectivity index (χ2v) is 5.90. The van der Waals surface area contributed by atoms with Crippen LogP contribution in [0, 0.1) is 0 Å². The highest BCUT2D eigenvalue weighted by molar-refractivity contribution is 8.00. The van der Waals surface area contributed by atoms with E-state index in [4.69, 9.17) is 0 Å².